The van der Waals surface area contributed by atoms with Crippen molar-refractivity contribution in [2.75, 3.05) is 0 Å². The largest absolute Gasteiger partial charge is 0.309 e. The zero-order valence-electron chi connectivity index (χ0n) is 26.1. The summed E-state index contributed by atoms with van der Waals surface area (Å²) in [5, 5.41) is 5.05. The van der Waals surface area contributed by atoms with Crippen LogP contribution in [0.15, 0.2) is 146 Å². The minimum absolute atomic E-state index is 0.228. The van der Waals surface area contributed by atoms with Gasteiger partial charge in [0.05, 0.1) is 33.5 Å². The normalized spacial score (nSPS) is 13.5. The molecule has 0 atom stereocenters. The van der Waals surface area contributed by atoms with E-state index in [4.69, 9.17) is 4.98 Å². The zero-order valence-corrected chi connectivity index (χ0v) is 26.1. The summed E-state index contributed by atoms with van der Waals surface area (Å²) in [6.07, 6.45) is 1.83. The van der Waals surface area contributed by atoms with E-state index in [2.05, 4.69) is 143 Å². The maximum absolute atomic E-state index is 5.30. The fourth-order valence-corrected chi connectivity index (χ4v) is 8.25. The standard InChI is InChI=1S/C43H30N4/c1-43(2)31-20-9-6-17-28(31)37-40(43)38-29-18-7-10-23-34(29)46(27-15-4-3-5-16-27)41(38)39-30-19-8-11-24-35(30)47(42(37)39)36-25-14-22-33(45-36)32-21-12-13-26-44-32/h3-26H,1-2H3. The lowest BCUT2D eigenvalue weighted by Gasteiger charge is -2.23. The van der Waals surface area contributed by atoms with Crippen LogP contribution in [0.2, 0.25) is 0 Å². The summed E-state index contributed by atoms with van der Waals surface area (Å²) >= 11 is 0. The third-order valence-electron chi connectivity index (χ3n) is 10.1. The first kappa shape index (κ1) is 26.2. The van der Waals surface area contributed by atoms with E-state index in [-0.39, 0.29) is 5.41 Å². The summed E-state index contributed by atoms with van der Waals surface area (Å²) in [4.78, 5) is 9.94. The number of hydrogen-bond acceptors (Lipinski definition) is 2. The molecular formula is C43H30N4. The number of fused-ring (bicyclic) bond motifs is 12. The third-order valence-corrected chi connectivity index (χ3v) is 10.1. The van der Waals surface area contributed by atoms with E-state index in [9.17, 15) is 0 Å². The van der Waals surface area contributed by atoms with E-state index in [0.717, 1.165) is 28.4 Å². The lowest BCUT2D eigenvalue weighted by atomic mass is 9.80. The average Bonchev–Trinajstić information content (AvgIpc) is 3.73. The first-order valence-corrected chi connectivity index (χ1v) is 16.2. The van der Waals surface area contributed by atoms with Crippen molar-refractivity contribution < 1.29 is 0 Å². The molecule has 0 saturated heterocycles. The van der Waals surface area contributed by atoms with Crippen LogP contribution in [-0.4, -0.2) is 19.1 Å². The van der Waals surface area contributed by atoms with Gasteiger partial charge in [-0.2, -0.15) is 0 Å². The summed E-state index contributed by atoms with van der Waals surface area (Å²) < 4.78 is 4.89. The molecular weight excluding hydrogens is 573 g/mol. The summed E-state index contributed by atoms with van der Waals surface area (Å²) in [5.74, 6) is 0.880. The van der Waals surface area contributed by atoms with Crippen LogP contribution in [0.4, 0.5) is 0 Å². The van der Waals surface area contributed by atoms with Crippen molar-refractivity contribution in [1.29, 1.82) is 0 Å². The summed E-state index contributed by atoms with van der Waals surface area (Å²) in [7, 11) is 0. The number of para-hydroxylation sites is 3. The average molecular weight is 603 g/mol. The zero-order chi connectivity index (χ0) is 31.3. The summed E-state index contributed by atoms with van der Waals surface area (Å²) in [5.41, 5.74) is 12.7. The van der Waals surface area contributed by atoms with Crippen LogP contribution in [0, 0.1) is 0 Å². The van der Waals surface area contributed by atoms with Gasteiger partial charge in [0.15, 0.2) is 0 Å². The van der Waals surface area contributed by atoms with Gasteiger partial charge in [0.1, 0.15) is 5.82 Å². The first-order valence-electron chi connectivity index (χ1n) is 16.2. The van der Waals surface area contributed by atoms with Gasteiger partial charge in [0, 0.05) is 44.4 Å². The van der Waals surface area contributed by atoms with Gasteiger partial charge in [0.2, 0.25) is 0 Å². The van der Waals surface area contributed by atoms with Gasteiger partial charge in [0.25, 0.3) is 0 Å². The van der Waals surface area contributed by atoms with E-state index in [1.807, 2.05) is 30.5 Å². The van der Waals surface area contributed by atoms with Crippen molar-refractivity contribution in [1.82, 2.24) is 19.1 Å². The van der Waals surface area contributed by atoms with E-state index < -0.39 is 0 Å². The monoisotopic (exact) mass is 602 g/mol. The van der Waals surface area contributed by atoms with Crippen molar-refractivity contribution in [3.8, 4) is 34.0 Å². The highest BCUT2D eigenvalue weighted by molar-refractivity contribution is 6.31. The summed E-state index contributed by atoms with van der Waals surface area (Å²) in [6.45, 7) is 4.79. The predicted molar refractivity (Wildman–Crippen MR) is 194 cm³/mol. The van der Waals surface area contributed by atoms with Crippen LogP contribution in [0.5, 0.6) is 0 Å². The van der Waals surface area contributed by atoms with E-state index in [0.29, 0.717) is 0 Å². The number of pyridine rings is 2. The molecule has 0 radical (unpaired) electrons. The van der Waals surface area contributed by atoms with E-state index >= 15 is 0 Å². The van der Waals surface area contributed by atoms with Crippen LogP contribution >= 0.6 is 0 Å². The second-order valence-corrected chi connectivity index (χ2v) is 13.0. The lowest BCUT2D eigenvalue weighted by Crippen LogP contribution is -2.15. The molecule has 5 aromatic carbocycles. The van der Waals surface area contributed by atoms with Crippen LogP contribution in [0.1, 0.15) is 25.0 Å². The Morgan fingerprint density at radius 1 is 0.532 bits per heavy atom. The molecule has 0 aliphatic heterocycles. The van der Waals surface area contributed by atoms with Gasteiger partial charge in [-0.05, 0) is 65.2 Å². The van der Waals surface area contributed by atoms with Gasteiger partial charge in [-0.1, -0.05) is 105 Å². The molecule has 9 aromatic rings. The number of nitrogens with zero attached hydrogens (tertiary/aromatic N) is 4. The minimum atomic E-state index is -0.228. The molecule has 4 heteroatoms. The quantitative estimate of drug-likeness (QED) is 0.202. The Morgan fingerprint density at radius 2 is 1.19 bits per heavy atom. The lowest BCUT2D eigenvalue weighted by molar-refractivity contribution is 0.667. The Labute approximate surface area is 272 Å². The number of hydrogen-bond donors (Lipinski definition) is 0. The van der Waals surface area contributed by atoms with Crippen molar-refractivity contribution in [2.24, 2.45) is 0 Å². The predicted octanol–water partition coefficient (Wildman–Crippen LogP) is 10.6. The van der Waals surface area contributed by atoms with Crippen molar-refractivity contribution in [2.45, 2.75) is 19.3 Å². The maximum atomic E-state index is 5.30. The third kappa shape index (κ3) is 3.47. The molecule has 4 aromatic heterocycles. The van der Waals surface area contributed by atoms with Gasteiger partial charge < -0.3 is 4.57 Å². The van der Waals surface area contributed by atoms with Crippen LogP contribution in [0.3, 0.4) is 0 Å². The fourth-order valence-electron chi connectivity index (χ4n) is 8.25. The molecule has 0 fully saturated rings. The molecule has 4 nitrogen and oxygen atoms in total. The second kappa shape index (κ2) is 9.51. The molecule has 0 unspecified atom stereocenters. The van der Waals surface area contributed by atoms with Crippen LogP contribution in [-0.2, 0) is 5.41 Å². The molecule has 0 bridgehead atoms. The Hall–Kier alpha value is -6.00. The summed E-state index contributed by atoms with van der Waals surface area (Å²) in [6, 6.07) is 49.8. The number of benzene rings is 5. The van der Waals surface area contributed by atoms with Gasteiger partial charge in [-0.3, -0.25) is 9.55 Å². The van der Waals surface area contributed by atoms with Crippen molar-refractivity contribution in [3.63, 3.8) is 0 Å². The molecule has 1 aliphatic rings. The Morgan fingerprint density at radius 3 is 1.98 bits per heavy atom. The fraction of sp³-hybridized carbons (Fsp3) is 0.0698. The Kier molecular flexibility index (Phi) is 5.31. The molecule has 0 amide bonds. The number of aromatic nitrogens is 4. The smallest absolute Gasteiger partial charge is 0.138 e. The highest BCUT2D eigenvalue weighted by Crippen LogP contribution is 2.58. The van der Waals surface area contributed by atoms with Gasteiger partial charge in [-0.15, -0.1) is 0 Å². The molecule has 1 aliphatic carbocycles. The molecule has 47 heavy (non-hydrogen) atoms. The van der Waals surface area contributed by atoms with E-state index in [1.165, 1.54) is 60.3 Å². The van der Waals surface area contributed by atoms with Gasteiger partial charge >= 0.3 is 0 Å². The minimum Gasteiger partial charge on any atom is -0.309 e. The molecule has 0 spiro atoms. The highest BCUT2D eigenvalue weighted by atomic mass is 15.1. The second-order valence-electron chi connectivity index (χ2n) is 13.0. The van der Waals surface area contributed by atoms with Gasteiger partial charge in [-0.25, -0.2) is 4.98 Å². The molecule has 0 saturated carbocycles. The van der Waals surface area contributed by atoms with Crippen LogP contribution in [0.25, 0.3) is 77.6 Å². The van der Waals surface area contributed by atoms with Crippen molar-refractivity contribution >= 4 is 43.6 Å². The Balaban J connectivity index is 1.50. The van der Waals surface area contributed by atoms with Crippen LogP contribution < -0.4 is 0 Å². The van der Waals surface area contributed by atoms with Crippen molar-refractivity contribution in [3.05, 3.63) is 157 Å². The topological polar surface area (TPSA) is 35.6 Å². The SMILES string of the molecule is CC1(C)c2ccccc2-c2c1c1c3ccccc3n(-c3ccccc3)c1c1c3ccccc3n(-c3cccc(-c4ccccn4)n3)c21. The first-order chi connectivity index (χ1) is 23.1. The maximum Gasteiger partial charge on any atom is 0.138 e. The molecule has 10 rings (SSSR count). The molecule has 0 N–H and O–H groups in total. The molecule has 4 heterocycles. The van der Waals surface area contributed by atoms with E-state index in [1.54, 1.807) is 0 Å². The highest BCUT2D eigenvalue weighted by Gasteiger charge is 2.41. The molecule has 222 valence electrons. The Bertz CT molecular complexity index is 2700. The number of rotatable bonds is 3.